The third-order valence-electron chi connectivity index (χ3n) is 5.26. The molecule has 2 nitrogen and oxygen atoms in total. The average molecular weight is 390 g/mol. The van der Waals surface area contributed by atoms with E-state index in [-0.39, 0.29) is 0 Å². The molecule has 1 radical (unpaired) electrons. The highest BCUT2D eigenvalue weighted by Gasteiger charge is 2.29. The molecule has 0 amide bonds. The van der Waals surface area contributed by atoms with Gasteiger partial charge in [0.1, 0.15) is 0 Å². The zero-order chi connectivity index (χ0) is 19.7. The van der Waals surface area contributed by atoms with Crippen LogP contribution < -0.4 is 5.19 Å². The van der Waals surface area contributed by atoms with Crippen LogP contribution in [0, 0.1) is 0 Å². The van der Waals surface area contributed by atoms with Gasteiger partial charge in [-0.25, -0.2) is 0 Å². The van der Waals surface area contributed by atoms with Crippen molar-refractivity contribution in [1.82, 2.24) is 9.13 Å². The minimum absolute atomic E-state index is 0.838. The van der Waals surface area contributed by atoms with Crippen LogP contribution >= 0.6 is 0 Å². The Labute approximate surface area is 172 Å². The molecule has 0 unspecified atom stereocenters. The average Bonchev–Trinajstić information content (AvgIpc) is 2.70. The predicted molar refractivity (Wildman–Crippen MR) is 124 cm³/mol. The molecule has 0 aromatic heterocycles. The zero-order valence-electron chi connectivity index (χ0n) is 18.7. The minimum Gasteiger partial charge on any atom is -0.308 e. The van der Waals surface area contributed by atoms with E-state index in [1.54, 1.807) is 5.19 Å². The Bertz CT molecular complexity index is 415. The Hall–Kier alpha value is -0.643. The van der Waals surface area contributed by atoms with Crippen LogP contribution in [0.25, 0.3) is 0 Å². The third kappa shape index (κ3) is 9.91. The molecule has 0 N–H and O–H groups in total. The number of hydrogen-bond donors (Lipinski definition) is 0. The van der Waals surface area contributed by atoms with E-state index in [4.69, 9.17) is 0 Å². The van der Waals surface area contributed by atoms with Gasteiger partial charge >= 0.3 is 0 Å². The van der Waals surface area contributed by atoms with Gasteiger partial charge in [-0.15, -0.1) is 0 Å². The van der Waals surface area contributed by atoms with Crippen LogP contribution in [0.15, 0.2) is 30.3 Å². The fourth-order valence-electron chi connectivity index (χ4n) is 3.60. The summed E-state index contributed by atoms with van der Waals surface area (Å²) in [7, 11) is -0.838. The normalized spacial score (nSPS) is 11.8. The molecule has 0 atom stereocenters. The minimum atomic E-state index is -0.838. The van der Waals surface area contributed by atoms with Gasteiger partial charge in [0.25, 0.3) is 9.12 Å². The Balaban J connectivity index is 3.06. The molecule has 3 heteroatoms. The zero-order valence-corrected chi connectivity index (χ0v) is 19.7. The van der Waals surface area contributed by atoms with Crippen molar-refractivity contribution in [3.05, 3.63) is 30.3 Å². The second-order valence-corrected chi connectivity index (χ2v) is 10.3. The van der Waals surface area contributed by atoms with E-state index in [1.165, 1.54) is 90.4 Å². The van der Waals surface area contributed by atoms with Crippen LogP contribution in [0.5, 0.6) is 0 Å². The number of benzene rings is 1. The molecular formula is C24H45N2Si. The molecule has 0 saturated carbocycles. The molecule has 0 heterocycles. The third-order valence-corrected chi connectivity index (χ3v) is 8.20. The van der Waals surface area contributed by atoms with Gasteiger partial charge < -0.3 is 9.13 Å². The molecule has 0 fully saturated rings. The molecule has 0 bridgehead atoms. The Morgan fingerprint density at radius 1 is 0.556 bits per heavy atom. The number of hydrogen-bond acceptors (Lipinski definition) is 2. The maximum atomic E-state index is 2.89. The predicted octanol–water partition coefficient (Wildman–Crippen LogP) is 5.97. The second-order valence-electron chi connectivity index (χ2n) is 7.79. The van der Waals surface area contributed by atoms with Crippen LogP contribution in [0.3, 0.4) is 0 Å². The van der Waals surface area contributed by atoms with Crippen molar-refractivity contribution in [2.75, 3.05) is 26.2 Å². The second kappa shape index (κ2) is 16.3. The fourth-order valence-corrected chi connectivity index (χ4v) is 6.70. The molecule has 0 aliphatic rings. The van der Waals surface area contributed by atoms with Crippen LogP contribution in [0.1, 0.15) is 91.9 Å². The summed E-state index contributed by atoms with van der Waals surface area (Å²) in [6, 6.07) is 11.4. The molecule has 1 rings (SSSR count). The van der Waals surface area contributed by atoms with Crippen molar-refractivity contribution in [2.24, 2.45) is 0 Å². The van der Waals surface area contributed by atoms with Crippen molar-refractivity contribution in [2.45, 2.75) is 91.9 Å². The van der Waals surface area contributed by atoms with E-state index >= 15 is 0 Å². The van der Waals surface area contributed by atoms with Gasteiger partial charge in [0, 0.05) is 0 Å². The maximum Gasteiger partial charge on any atom is 0.266 e. The Morgan fingerprint density at radius 3 is 1.37 bits per heavy atom. The molecule has 27 heavy (non-hydrogen) atoms. The van der Waals surface area contributed by atoms with Gasteiger partial charge in [0.15, 0.2) is 0 Å². The fraction of sp³-hybridized carbons (Fsp3) is 0.750. The van der Waals surface area contributed by atoms with Crippen LogP contribution in [0.4, 0.5) is 0 Å². The number of rotatable bonds is 17. The first-order chi connectivity index (χ1) is 13.3. The first-order valence-corrected chi connectivity index (χ1v) is 13.1. The summed E-state index contributed by atoms with van der Waals surface area (Å²) in [6.45, 7) is 14.4. The van der Waals surface area contributed by atoms with Crippen LogP contribution in [-0.2, 0) is 0 Å². The lowest BCUT2D eigenvalue weighted by Gasteiger charge is -2.38. The van der Waals surface area contributed by atoms with E-state index in [2.05, 4.69) is 67.2 Å². The molecule has 1 aromatic carbocycles. The van der Waals surface area contributed by atoms with Gasteiger partial charge in [-0.05, 0) is 57.0 Å². The summed E-state index contributed by atoms with van der Waals surface area (Å²) in [6.07, 6.45) is 13.3. The quantitative estimate of drug-likeness (QED) is 0.239. The van der Waals surface area contributed by atoms with Crippen LogP contribution in [0.2, 0.25) is 0 Å². The SMILES string of the molecule is CCCCCN(CCCC)[Si](c1ccccc1)N(CCCC)CCCCC. The summed E-state index contributed by atoms with van der Waals surface area (Å²) < 4.78 is 5.78. The van der Waals surface area contributed by atoms with Gasteiger partial charge in [0.2, 0.25) is 0 Å². The van der Waals surface area contributed by atoms with Crippen molar-refractivity contribution < 1.29 is 0 Å². The van der Waals surface area contributed by atoms with E-state index in [0.717, 1.165) is 0 Å². The Kier molecular flexibility index (Phi) is 14.7. The van der Waals surface area contributed by atoms with E-state index in [9.17, 15) is 0 Å². The molecule has 0 saturated heterocycles. The molecular weight excluding hydrogens is 344 g/mol. The molecule has 0 aliphatic heterocycles. The largest absolute Gasteiger partial charge is 0.308 e. The maximum absolute atomic E-state index is 2.89. The van der Waals surface area contributed by atoms with Crippen molar-refractivity contribution in [1.29, 1.82) is 0 Å². The lowest BCUT2D eigenvalue weighted by atomic mass is 10.2. The van der Waals surface area contributed by atoms with Crippen molar-refractivity contribution >= 4 is 14.3 Å². The van der Waals surface area contributed by atoms with E-state index in [1.807, 2.05) is 0 Å². The summed E-state index contributed by atoms with van der Waals surface area (Å²) in [4.78, 5) is 0. The van der Waals surface area contributed by atoms with Crippen molar-refractivity contribution in [3.63, 3.8) is 0 Å². The van der Waals surface area contributed by atoms with Gasteiger partial charge in [-0.1, -0.05) is 96.6 Å². The molecule has 0 spiro atoms. The number of nitrogens with zero attached hydrogens (tertiary/aromatic N) is 2. The van der Waals surface area contributed by atoms with Gasteiger partial charge in [-0.2, -0.15) is 0 Å². The summed E-state index contributed by atoms with van der Waals surface area (Å²) in [5.74, 6) is 0. The van der Waals surface area contributed by atoms with Gasteiger partial charge in [-0.3, -0.25) is 0 Å². The topological polar surface area (TPSA) is 6.48 Å². The highest BCUT2D eigenvalue weighted by atomic mass is 28.3. The van der Waals surface area contributed by atoms with E-state index in [0.29, 0.717) is 0 Å². The lowest BCUT2D eigenvalue weighted by Crippen LogP contribution is -2.61. The van der Waals surface area contributed by atoms with E-state index < -0.39 is 9.12 Å². The molecule has 155 valence electrons. The smallest absolute Gasteiger partial charge is 0.266 e. The first-order valence-electron chi connectivity index (χ1n) is 11.7. The van der Waals surface area contributed by atoms with Gasteiger partial charge in [0.05, 0.1) is 0 Å². The standard InChI is InChI=1S/C24H45N2Si/c1-5-9-16-22-25(20-11-7-3)27(24-18-14-13-15-19-24)26(21-12-8-4)23-17-10-6-2/h13-15,18-19H,5-12,16-17,20-23H2,1-4H3. The van der Waals surface area contributed by atoms with Crippen LogP contribution in [-0.4, -0.2) is 44.4 Å². The highest BCUT2D eigenvalue weighted by Crippen LogP contribution is 2.12. The summed E-state index contributed by atoms with van der Waals surface area (Å²) in [5, 5.41) is 1.59. The lowest BCUT2D eigenvalue weighted by molar-refractivity contribution is 0.330. The molecule has 1 aromatic rings. The summed E-state index contributed by atoms with van der Waals surface area (Å²) >= 11 is 0. The van der Waals surface area contributed by atoms with Crippen molar-refractivity contribution in [3.8, 4) is 0 Å². The number of unbranched alkanes of at least 4 members (excludes halogenated alkanes) is 6. The Morgan fingerprint density at radius 2 is 0.963 bits per heavy atom. The highest BCUT2D eigenvalue weighted by molar-refractivity contribution is 6.68. The summed E-state index contributed by atoms with van der Waals surface area (Å²) in [5.41, 5.74) is 0. The molecule has 0 aliphatic carbocycles. The monoisotopic (exact) mass is 389 g/mol. The first kappa shape index (κ1) is 24.4.